The monoisotopic (exact) mass is 430 g/mol. The predicted molar refractivity (Wildman–Crippen MR) is 125 cm³/mol. The zero-order valence-corrected chi connectivity index (χ0v) is 18.4. The van der Waals surface area contributed by atoms with Crippen LogP contribution in [0.2, 0.25) is 0 Å². The summed E-state index contributed by atoms with van der Waals surface area (Å²) in [6, 6.07) is 20.3. The normalized spacial score (nSPS) is 21.7. The number of carbonyl (C=O) groups excluding carboxylic acids is 2. The Kier molecular flexibility index (Phi) is 5.93. The molecule has 0 aliphatic carbocycles. The lowest BCUT2D eigenvalue weighted by Gasteiger charge is -2.33. The zero-order chi connectivity index (χ0) is 21.9. The van der Waals surface area contributed by atoms with Gasteiger partial charge in [0.25, 0.3) is 5.91 Å². The molecular formula is C26H30N4O2. The standard InChI is InChI=1S/C26H30N4O2/c31-25(28-15-7-8-16-28)21-13-17-29(18-14-21)26(32)23-19-24(20-9-3-1-4-10-20)30(27-23)22-11-5-2-6-12-22/h1-6,9-12,21,24H,7-8,13-19H2. The molecule has 2 saturated heterocycles. The van der Waals surface area contributed by atoms with Gasteiger partial charge in [-0.3, -0.25) is 14.6 Å². The topological polar surface area (TPSA) is 56.2 Å². The van der Waals surface area contributed by atoms with Gasteiger partial charge in [0.1, 0.15) is 5.71 Å². The van der Waals surface area contributed by atoms with Crippen LogP contribution in [0.3, 0.4) is 0 Å². The van der Waals surface area contributed by atoms with E-state index in [-0.39, 0.29) is 23.8 Å². The van der Waals surface area contributed by atoms with Crippen LogP contribution in [0.25, 0.3) is 0 Å². The van der Waals surface area contributed by atoms with Crippen LogP contribution in [0.15, 0.2) is 65.8 Å². The van der Waals surface area contributed by atoms with Gasteiger partial charge < -0.3 is 9.80 Å². The first kappa shape index (κ1) is 20.7. The van der Waals surface area contributed by atoms with Crippen molar-refractivity contribution >= 4 is 23.2 Å². The van der Waals surface area contributed by atoms with Gasteiger partial charge >= 0.3 is 0 Å². The van der Waals surface area contributed by atoms with Gasteiger partial charge in [0.05, 0.1) is 11.7 Å². The third-order valence-electron chi connectivity index (χ3n) is 6.91. The average molecular weight is 431 g/mol. The van der Waals surface area contributed by atoms with Crippen LogP contribution in [0.5, 0.6) is 0 Å². The first-order valence-corrected chi connectivity index (χ1v) is 11.8. The first-order valence-electron chi connectivity index (χ1n) is 11.8. The van der Waals surface area contributed by atoms with Crippen molar-refractivity contribution < 1.29 is 9.59 Å². The van der Waals surface area contributed by atoms with E-state index in [1.165, 1.54) is 0 Å². The van der Waals surface area contributed by atoms with E-state index < -0.39 is 0 Å². The number of anilines is 1. The Morgan fingerprint density at radius 3 is 2.06 bits per heavy atom. The molecule has 32 heavy (non-hydrogen) atoms. The van der Waals surface area contributed by atoms with Gasteiger partial charge in [-0.25, -0.2) is 0 Å². The van der Waals surface area contributed by atoms with E-state index in [9.17, 15) is 9.59 Å². The number of hydrogen-bond acceptors (Lipinski definition) is 4. The Labute approximate surface area is 189 Å². The summed E-state index contributed by atoms with van der Waals surface area (Å²) in [5.41, 5.74) is 2.74. The number of nitrogens with zero attached hydrogens (tertiary/aromatic N) is 4. The van der Waals surface area contributed by atoms with E-state index in [4.69, 9.17) is 5.10 Å². The van der Waals surface area contributed by atoms with Gasteiger partial charge in [-0.1, -0.05) is 48.5 Å². The van der Waals surface area contributed by atoms with Crippen molar-refractivity contribution in [1.82, 2.24) is 9.80 Å². The molecular weight excluding hydrogens is 400 g/mol. The number of para-hydroxylation sites is 1. The number of likely N-dealkylation sites (tertiary alicyclic amines) is 2. The molecule has 1 atom stereocenters. The fourth-order valence-electron chi connectivity index (χ4n) is 5.10. The minimum absolute atomic E-state index is 0.00633. The fraction of sp³-hybridized carbons (Fsp3) is 0.423. The molecule has 2 amide bonds. The van der Waals surface area contributed by atoms with Crippen LogP contribution < -0.4 is 5.01 Å². The molecule has 3 heterocycles. The minimum Gasteiger partial charge on any atom is -0.342 e. The van der Waals surface area contributed by atoms with Crippen molar-refractivity contribution in [3.05, 3.63) is 66.2 Å². The molecule has 0 N–H and O–H groups in total. The second-order valence-corrected chi connectivity index (χ2v) is 8.96. The fourth-order valence-corrected chi connectivity index (χ4v) is 5.10. The highest BCUT2D eigenvalue weighted by Gasteiger charge is 2.36. The molecule has 0 radical (unpaired) electrons. The largest absolute Gasteiger partial charge is 0.342 e. The highest BCUT2D eigenvalue weighted by atomic mass is 16.2. The van der Waals surface area contributed by atoms with E-state index in [0.29, 0.717) is 25.2 Å². The summed E-state index contributed by atoms with van der Waals surface area (Å²) in [5, 5.41) is 6.77. The van der Waals surface area contributed by atoms with Crippen molar-refractivity contribution in [1.29, 1.82) is 0 Å². The lowest BCUT2D eigenvalue weighted by atomic mass is 9.94. The van der Waals surface area contributed by atoms with Gasteiger partial charge in [-0.2, -0.15) is 5.10 Å². The lowest BCUT2D eigenvalue weighted by molar-refractivity contribution is -0.138. The second-order valence-electron chi connectivity index (χ2n) is 8.96. The zero-order valence-electron chi connectivity index (χ0n) is 18.4. The predicted octanol–water partition coefficient (Wildman–Crippen LogP) is 3.86. The summed E-state index contributed by atoms with van der Waals surface area (Å²) < 4.78 is 0. The Hall–Kier alpha value is -3.15. The van der Waals surface area contributed by atoms with Crippen LogP contribution in [0.4, 0.5) is 5.69 Å². The SMILES string of the molecule is O=C(C1=NN(c2ccccc2)C(c2ccccc2)C1)N1CCC(C(=O)N2CCCC2)CC1. The number of carbonyl (C=O) groups is 2. The molecule has 0 spiro atoms. The van der Waals surface area contributed by atoms with Gasteiger partial charge in [-0.15, -0.1) is 0 Å². The van der Waals surface area contributed by atoms with Crippen LogP contribution in [0, 0.1) is 5.92 Å². The Morgan fingerprint density at radius 2 is 1.41 bits per heavy atom. The molecule has 1 unspecified atom stereocenters. The third-order valence-corrected chi connectivity index (χ3v) is 6.91. The molecule has 2 fully saturated rings. The van der Waals surface area contributed by atoms with Gasteiger partial charge in [0.2, 0.25) is 5.91 Å². The number of hydrogen-bond donors (Lipinski definition) is 0. The maximum Gasteiger partial charge on any atom is 0.270 e. The van der Waals surface area contributed by atoms with E-state index in [0.717, 1.165) is 50.0 Å². The number of rotatable bonds is 4. The quantitative estimate of drug-likeness (QED) is 0.740. The summed E-state index contributed by atoms with van der Waals surface area (Å²) >= 11 is 0. The molecule has 6 heteroatoms. The summed E-state index contributed by atoms with van der Waals surface area (Å²) in [6.45, 7) is 3.04. The highest BCUT2D eigenvalue weighted by Crippen LogP contribution is 2.35. The number of piperidine rings is 1. The van der Waals surface area contributed by atoms with Crippen LogP contribution >= 0.6 is 0 Å². The minimum atomic E-state index is 0.00633. The lowest BCUT2D eigenvalue weighted by Crippen LogP contribution is -2.45. The highest BCUT2D eigenvalue weighted by molar-refractivity contribution is 6.39. The molecule has 3 aliphatic rings. The number of benzene rings is 2. The Bertz CT molecular complexity index is 977. The average Bonchev–Trinajstić information content (AvgIpc) is 3.55. The van der Waals surface area contributed by atoms with Gasteiger partial charge in [0, 0.05) is 38.5 Å². The van der Waals surface area contributed by atoms with E-state index >= 15 is 0 Å². The van der Waals surface area contributed by atoms with E-state index in [1.807, 2.05) is 63.3 Å². The van der Waals surface area contributed by atoms with Crippen molar-refractivity contribution in [3.63, 3.8) is 0 Å². The van der Waals surface area contributed by atoms with Crippen LogP contribution in [-0.4, -0.2) is 53.5 Å². The third kappa shape index (κ3) is 4.14. The van der Waals surface area contributed by atoms with Gasteiger partial charge in [-0.05, 0) is 43.4 Å². The molecule has 2 aromatic rings. The molecule has 0 saturated carbocycles. The number of amides is 2. The summed E-state index contributed by atoms with van der Waals surface area (Å²) in [5.74, 6) is 0.351. The maximum atomic E-state index is 13.4. The smallest absolute Gasteiger partial charge is 0.270 e. The van der Waals surface area contributed by atoms with E-state index in [2.05, 4.69) is 12.1 Å². The second kappa shape index (κ2) is 9.15. The molecule has 2 aromatic carbocycles. The maximum absolute atomic E-state index is 13.4. The van der Waals surface area contributed by atoms with Crippen molar-refractivity contribution in [2.75, 3.05) is 31.2 Å². The molecule has 6 nitrogen and oxygen atoms in total. The van der Waals surface area contributed by atoms with Crippen LogP contribution in [-0.2, 0) is 9.59 Å². The van der Waals surface area contributed by atoms with Crippen molar-refractivity contribution in [2.45, 2.75) is 38.1 Å². The molecule has 166 valence electrons. The molecule has 0 bridgehead atoms. The van der Waals surface area contributed by atoms with Crippen molar-refractivity contribution in [2.24, 2.45) is 11.0 Å². The summed E-state index contributed by atoms with van der Waals surface area (Å²) in [7, 11) is 0. The van der Waals surface area contributed by atoms with E-state index in [1.54, 1.807) is 0 Å². The van der Waals surface area contributed by atoms with Crippen LogP contribution in [0.1, 0.15) is 43.7 Å². The first-order chi connectivity index (χ1) is 15.7. The Morgan fingerprint density at radius 1 is 0.781 bits per heavy atom. The Balaban J connectivity index is 1.29. The van der Waals surface area contributed by atoms with Crippen molar-refractivity contribution in [3.8, 4) is 0 Å². The van der Waals surface area contributed by atoms with Gasteiger partial charge in [0.15, 0.2) is 0 Å². The molecule has 0 aromatic heterocycles. The summed E-state index contributed by atoms with van der Waals surface area (Å²) in [6.07, 6.45) is 4.31. The molecule has 5 rings (SSSR count). The number of hydrazone groups is 1. The molecule has 3 aliphatic heterocycles. The summed E-state index contributed by atoms with van der Waals surface area (Å²) in [4.78, 5) is 30.0.